The van der Waals surface area contributed by atoms with Gasteiger partial charge in [0, 0.05) is 10.5 Å². The fourth-order valence-corrected chi connectivity index (χ4v) is 3.00. The number of rotatable bonds is 7. The fraction of sp³-hybridized carbons (Fsp3) is 0.625. The first-order valence-corrected chi connectivity index (χ1v) is 7.91. The molecule has 0 aliphatic carbocycles. The minimum atomic E-state index is 0.467. The van der Waals surface area contributed by atoms with E-state index in [2.05, 4.69) is 67.1 Å². The average molecular weight is 312 g/mol. The Balaban J connectivity index is 2.93. The monoisotopic (exact) mass is 311 g/mol. The van der Waals surface area contributed by atoms with Crippen molar-refractivity contribution in [2.75, 3.05) is 6.54 Å². The maximum atomic E-state index is 3.74. The lowest BCUT2D eigenvalue weighted by Gasteiger charge is -2.24. The van der Waals surface area contributed by atoms with E-state index in [9.17, 15) is 0 Å². The van der Waals surface area contributed by atoms with Gasteiger partial charge >= 0.3 is 0 Å². The molecule has 0 amide bonds. The molecule has 2 heteroatoms. The van der Waals surface area contributed by atoms with Crippen LogP contribution in [0.3, 0.4) is 0 Å². The molecule has 1 aromatic carbocycles. The van der Waals surface area contributed by atoms with Crippen molar-refractivity contribution >= 4 is 15.9 Å². The molecule has 1 aromatic rings. The first kappa shape index (κ1) is 15.7. The summed E-state index contributed by atoms with van der Waals surface area (Å²) in [6, 6.07) is 7.03. The van der Waals surface area contributed by atoms with Gasteiger partial charge in [-0.3, -0.25) is 0 Å². The molecule has 0 saturated carbocycles. The standard InChI is InChI=1S/C16H26BrN/c1-5-13(6-2)11-15(18-7-3)14-10-8-9-12(4)16(14)17/h8-10,13,15,18H,5-7,11H2,1-4H3. The molecule has 1 rings (SSSR count). The van der Waals surface area contributed by atoms with Crippen molar-refractivity contribution in [3.05, 3.63) is 33.8 Å². The van der Waals surface area contributed by atoms with Gasteiger partial charge in [-0.1, -0.05) is 67.7 Å². The number of hydrogen-bond acceptors (Lipinski definition) is 1. The van der Waals surface area contributed by atoms with Crippen molar-refractivity contribution in [1.82, 2.24) is 5.32 Å². The molecule has 0 aromatic heterocycles. The SMILES string of the molecule is CCNC(CC(CC)CC)c1cccc(C)c1Br. The van der Waals surface area contributed by atoms with E-state index in [0.29, 0.717) is 6.04 Å². The Morgan fingerprint density at radius 3 is 2.39 bits per heavy atom. The lowest BCUT2D eigenvalue weighted by molar-refractivity contribution is 0.375. The second-order valence-corrected chi connectivity index (χ2v) is 5.80. The lowest BCUT2D eigenvalue weighted by atomic mass is 9.90. The van der Waals surface area contributed by atoms with E-state index in [4.69, 9.17) is 0 Å². The Hall–Kier alpha value is -0.340. The summed E-state index contributed by atoms with van der Waals surface area (Å²) in [5, 5.41) is 3.64. The molecule has 0 fully saturated rings. The normalized spacial score (nSPS) is 13.0. The van der Waals surface area contributed by atoms with Crippen LogP contribution in [0, 0.1) is 12.8 Å². The van der Waals surface area contributed by atoms with Crippen LogP contribution < -0.4 is 5.32 Å². The van der Waals surface area contributed by atoms with Gasteiger partial charge in [0.2, 0.25) is 0 Å². The quantitative estimate of drug-likeness (QED) is 0.726. The zero-order chi connectivity index (χ0) is 13.5. The number of halogens is 1. The summed E-state index contributed by atoms with van der Waals surface area (Å²) in [5.41, 5.74) is 2.73. The Labute approximate surface area is 120 Å². The van der Waals surface area contributed by atoms with Crippen LogP contribution in [0.25, 0.3) is 0 Å². The first-order chi connectivity index (χ1) is 8.63. The van der Waals surface area contributed by atoms with Gasteiger partial charge < -0.3 is 5.32 Å². The summed E-state index contributed by atoms with van der Waals surface area (Å²) in [6.07, 6.45) is 3.76. The van der Waals surface area contributed by atoms with Gasteiger partial charge in [0.25, 0.3) is 0 Å². The fourth-order valence-electron chi connectivity index (χ4n) is 2.46. The molecule has 1 atom stereocenters. The maximum Gasteiger partial charge on any atom is 0.0334 e. The van der Waals surface area contributed by atoms with Crippen LogP contribution >= 0.6 is 15.9 Å². The van der Waals surface area contributed by atoms with Gasteiger partial charge in [-0.2, -0.15) is 0 Å². The summed E-state index contributed by atoms with van der Waals surface area (Å²) in [4.78, 5) is 0. The Morgan fingerprint density at radius 2 is 1.83 bits per heavy atom. The highest BCUT2D eigenvalue weighted by atomic mass is 79.9. The van der Waals surface area contributed by atoms with E-state index in [1.54, 1.807) is 0 Å². The maximum absolute atomic E-state index is 3.74. The molecule has 0 radical (unpaired) electrons. The number of hydrogen-bond donors (Lipinski definition) is 1. The largest absolute Gasteiger partial charge is 0.310 e. The zero-order valence-electron chi connectivity index (χ0n) is 12.1. The van der Waals surface area contributed by atoms with Gasteiger partial charge in [-0.15, -0.1) is 0 Å². The molecule has 102 valence electrons. The van der Waals surface area contributed by atoms with Crippen molar-refractivity contribution in [2.24, 2.45) is 5.92 Å². The molecule has 18 heavy (non-hydrogen) atoms. The van der Waals surface area contributed by atoms with E-state index in [1.165, 1.54) is 34.9 Å². The van der Waals surface area contributed by atoms with Gasteiger partial charge in [-0.05, 0) is 36.9 Å². The average Bonchev–Trinajstić information content (AvgIpc) is 2.38. The third-order valence-electron chi connectivity index (χ3n) is 3.77. The van der Waals surface area contributed by atoms with Gasteiger partial charge in [0.1, 0.15) is 0 Å². The van der Waals surface area contributed by atoms with Crippen molar-refractivity contribution in [1.29, 1.82) is 0 Å². The second-order valence-electron chi connectivity index (χ2n) is 5.01. The van der Waals surface area contributed by atoms with Crippen LogP contribution in [0.4, 0.5) is 0 Å². The molecular formula is C16H26BrN. The van der Waals surface area contributed by atoms with Crippen LogP contribution in [0.15, 0.2) is 22.7 Å². The number of nitrogens with one attached hydrogen (secondary N) is 1. The van der Waals surface area contributed by atoms with E-state index in [-0.39, 0.29) is 0 Å². The molecule has 0 aliphatic heterocycles. The van der Waals surface area contributed by atoms with Crippen LogP contribution in [0.2, 0.25) is 0 Å². The number of benzene rings is 1. The topological polar surface area (TPSA) is 12.0 Å². The highest BCUT2D eigenvalue weighted by Gasteiger charge is 2.18. The van der Waals surface area contributed by atoms with Crippen molar-refractivity contribution < 1.29 is 0 Å². The highest BCUT2D eigenvalue weighted by Crippen LogP contribution is 2.31. The van der Waals surface area contributed by atoms with Gasteiger partial charge in [0.15, 0.2) is 0 Å². The lowest BCUT2D eigenvalue weighted by Crippen LogP contribution is -2.24. The van der Waals surface area contributed by atoms with Crippen molar-refractivity contribution in [3.8, 4) is 0 Å². The number of aryl methyl sites for hydroxylation is 1. The Bertz CT molecular complexity index is 358. The first-order valence-electron chi connectivity index (χ1n) is 7.12. The molecular weight excluding hydrogens is 286 g/mol. The molecule has 1 nitrogen and oxygen atoms in total. The van der Waals surface area contributed by atoms with Crippen molar-refractivity contribution in [3.63, 3.8) is 0 Å². The van der Waals surface area contributed by atoms with Gasteiger partial charge in [-0.25, -0.2) is 0 Å². The van der Waals surface area contributed by atoms with Crippen LogP contribution in [-0.2, 0) is 0 Å². The molecule has 0 saturated heterocycles. The summed E-state index contributed by atoms with van der Waals surface area (Å²) in [7, 11) is 0. The van der Waals surface area contributed by atoms with Gasteiger partial charge in [0.05, 0.1) is 0 Å². The highest BCUT2D eigenvalue weighted by molar-refractivity contribution is 9.10. The molecule has 1 unspecified atom stereocenters. The molecule has 0 aliphatic rings. The third kappa shape index (κ3) is 4.10. The zero-order valence-corrected chi connectivity index (χ0v) is 13.7. The summed E-state index contributed by atoms with van der Waals surface area (Å²) < 4.78 is 1.27. The summed E-state index contributed by atoms with van der Waals surface area (Å²) in [6.45, 7) is 9.95. The predicted octanol–water partition coefficient (Wildman–Crippen LogP) is 5.23. The van der Waals surface area contributed by atoms with Crippen molar-refractivity contribution in [2.45, 2.75) is 53.0 Å². The predicted molar refractivity (Wildman–Crippen MR) is 84.0 cm³/mol. The van der Waals surface area contributed by atoms with E-state index < -0.39 is 0 Å². The molecule has 0 spiro atoms. The summed E-state index contributed by atoms with van der Waals surface area (Å²) >= 11 is 3.74. The second kappa shape index (κ2) is 7.96. The van der Waals surface area contributed by atoms with Crippen LogP contribution in [-0.4, -0.2) is 6.54 Å². The Kier molecular flexibility index (Phi) is 6.95. The van der Waals surface area contributed by atoms with E-state index >= 15 is 0 Å². The molecule has 0 heterocycles. The molecule has 1 N–H and O–H groups in total. The minimum Gasteiger partial charge on any atom is -0.310 e. The third-order valence-corrected chi connectivity index (χ3v) is 4.85. The van der Waals surface area contributed by atoms with E-state index in [0.717, 1.165) is 12.5 Å². The Morgan fingerprint density at radius 1 is 1.17 bits per heavy atom. The van der Waals surface area contributed by atoms with Crippen LogP contribution in [0.1, 0.15) is 57.2 Å². The van der Waals surface area contributed by atoms with E-state index in [1.807, 2.05) is 0 Å². The minimum absolute atomic E-state index is 0.467. The molecule has 0 bridgehead atoms. The summed E-state index contributed by atoms with van der Waals surface area (Å²) in [5.74, 6) is 0.807. The smallest absolute Gasteiger partial charge is 0.0334 e. The van der Waals surface area contributed by atoms with Crippen LogP contribution in [0.5, 0.6) is 0 Å².